The van der Waals surface area contributed by atoms with Crippen LogP contribution in [0.15, 0.2) is 0 Å². The normalized spacial score (nSPS) is 40.7. The average molecular weight is 294 g/mol. The molecule has 0 aromatic carbocycles. The van der Waals surface area contributed by atoms with Crippen LogP contribution < -0.4 is 10.6 Å². The molecule has 120 valence electrons. The molecule has 1 amide bonds. The third kappa shape index (κ3) is 3.42. The van der Waals surface area contributed by atoms with E-state index in [0.717, 1.165) is 25.7 Å². The van der Waals surface area contributed by atoms with Crippen molar-refractivity contribution < 1.29 is 9.53 Å². The van der Waals surface area contributed by atoms with Crippen molar-refractivity contribution in [1.82, 2.24) is 10.6 Å². The molecule has 1 heterocycles. The molecule has 5 atom stereocenters. The van der Waals surface area contributed by atoms with Gasteiger partial charge in [-0.05, 0) is 39.5 Å². The second-order valence-corrected chi connectivity index (χ2v) is 7.32. The lowest BCUT2D eigenvalue weighted by atomic mass is 9.78. The van der Waals surface area contributed by atoms with Gasteiger partial charge in [0.2, 0.25) is 5.91 Å². The summed E-state index contributed by atoms with van der Waals surface area (Å²) >= 11 is 0. The maximum absolute atomic E-state index is 12.4. The molecule has 0 aromatic rings. The van der Waals surface area contributed by atoms with Gasteiger partial charge in [0.25, 0.3) is 0 Å². The Labute approximate surface area is 128 Å². The van der Waals surface area contributed by atoms with Crippen molar-refractivity contribution in [3.8, 4) is 0 Å². The van der Waals surface area contributed by atoms with Gasteiger partial charge < -0.3 is 10.1 Å². The first-order chi connectivity index (χ1) is 10.1. The van der Waals surface area contributed by atoms with Gasteiger partial charge in [-0.2, -0.15) is 0 Å². The van der Waals surface area contributed by atoms with Crippen LogP contribution in [0.3, 0.4) is 0 Å². The number of fused-ring (bicyclic) bond motifs is 1. The zero-order valence-electron chi connectivity index (χ0n) is 13.4. The van der Waals surface area contributed by atoms with Crippen LogP contribution in [0.4, 0.5) is 0 Å². The third-order valence-electron chi connectivity index (χ3n) is 5.42. The molecule has 0 bridgehead atoms. The molecule has 2 saturated carbocycles. The molecular formula is C17H30N2O2. The Morgan fingerprint density at radius 3 is 2.57 bits per heavy atom. The predicted octanol–water partition coefficient (Wildman–Crippen LogP) is 2.57. The zero-order chi connectivity index (χ0) is 14.8. The van der Waals surface area contributed by atoms with Crippen LogP contribution in [0, 0.1) is 11.8 Å². The standard InChI is InChI=1S/C17H30N2O2/c1-11(2)21-15-10-6-4-8-13(15)16-18-14-9-5-3-7-12(14)17(20)19-16/h11-16,18H,3-10H2,1-2H3,(H,19,20). The van der Waals surface area contributed by atoms with Crippen LogP contribution in [-0.2, 0) is 9.53 Å². The SMILES string of the molecule is CC(C)OC1CCCCC1C1NC(=O)C2CCCCC2N1. The largest absolute Gasteiger partial charge is 0.375 e. The lowest BCUT2D eigenvalue weighted by Crippen LogP contribution is -2.66. The summed E-state index contributed by atoms with van der Waals surface area (Å²) in [5, 5.41) is 7.01. The molecule has 2 N–H and O–H groups in total. The molecule has 0 radical (unpaired) electrons. The maximum atomic E-state index is 12.4. The lowest BCUT2D eigenvalue weighted by Gasteiger charge is -2.46. The first-order valence-electron chi connectivity index (χ1n) is 8.87. The maximum Gasteiger partial charge on any atom is 0.225 e. The Morgan fingerprint density at radius 1 is 1.05 bits per heavy atom. The van der Waals surface area contributed by atoms with E-state index in [0.29, 0.717) is 12.0 Å². The van der Waals surface area contributed by atoms with Gasteiger partial charge in [0.1, 0.15) is 0 Å². The van der Waals surface area contributed by atoms with E-state index < -0.39 is 0 Å². The topological polar surface area (TPSA) is 50.4 Å². The number of nitrogens with one attached hydrogen (secondary N) is 2. The lowest BCUT2D eigenvalue weighted by molar-refractivity contribution is -0.134. The van der Waals surface area contributed by atoms with E-state index in [2.05, 4.69) is 24.5 Å². The number of hydrogen-bond donors (Lipinski definition) is 2. The molecule has 0 spiro atoms. The Kier molecular flexibility index (Phi) is 4.85. The van der Waals surface area contributed by atoms with Crippen LogP contribution in [-0.4, -0.2) is 30.3 Å². The molecule has 0 aromatic heterocycles. The van der Waals surface area contributed by atoms with E-state index in [1.807, 2.05) is 0 Å². The summed E-state index contributed by atoms with van der Waals surface area (Å²) in [6, 6.07) is 0.388. The van der Waals surface area contributed by atoms with Crippen LogP contribution in [0.5, 0.6) is 0 Å². The van der Waals surface area contributed by atoms with Crippen molar-refractivity contribution >= 4 is 5.91 Å². The molecule has 5 unspecified atom stereocenters. The van der Waals surface area contributed by atoms with Gasteiger partial charge in [0, 0.05) is 12.0 Å². The minimum atomic E-state index is 0.112. The van der Waals surface area contributed by atoms with Gasteiger partial charge in [-0.15, -0.1) is 0 Å². The molecule has 1 saturated heterocycles. The minimum absolute atomic E-state index is 0.112. The van der Waals surface area contributed by atoms with E-state index >= 15 is 0 Å². The number of carbonyl (C=O) groups is 1. The summed E-state index contributed by atoms with van der Waals surface area (Å²) in [5.74, 6) is 0.897. The van der Waals surface area contributed by atoms with Crippen LogP contribution in [0.25, 0.3) is 0 Å². The highest BCUT2D eigenvalue weighted by Crippen LogP contribution is 2.34. The smallest absolute Gasteiger partial charge is 0.225 e. The van der Waals surface area contributed by atoms with Gasteiger partial charge >= 0.3 is 0 Å². The number of ether oxygens (including phenoxy) is 1. The minimum Gasteiger partial charge on any atom is -0.375 e. The fourth-order valence-electron chi connectivity index (χ4n) is 4.43. The third-order valence-corrected chi connectivity index (χ3v) is 5.42. The zero-order valence-corrected chi connectivity index (χ0v) is 13.4. The quantitative estimate of drug-likeness (QED) is 0.841. The Balaban J connectivity index is 1.68. The fourth-order valence-corrected chi connectivity index (χ4v) is 4.43. The average Bonchev–Trinajstić information content (AvgIpc) is 2.47. The van der Waals surface area contributed by atoms with Crippen molar-refractivity contribution in [3.05, 3.63) is 0 Å². The van der Waals surface area contributed by atoms with Crippen molar-refractivity contribution in [2.24, 2.45) is 11.8 Å². The summed E-state index contributed by atoms with van der Waals surface area (Å²) in [6.45, 7) is 4.21. The van der Waals surface area contributed by atoms with Crippen molar-refractivity contribution in [1.29, 1.82) is 0 Å². The number of hydrogen-bond acceptors (Lipinski definition) is 3. The number of amides is 1. The van der Waals surface area contributed by atoms with E-state index in [1.54, 1.807) is 0 Å². The van der Waals surface area contributed by atoms with E-state index in [9.17, 15) is 4.79 Å². The molecular weight excluding hydrogens is 264 g/mol. The van der Waals surface area contributed by atoms with Gasteiger partial charge in [-0.1, -0.05) is 25.7 Å². The highest BCUT2D eigenvalue weighted by molar-refractivity contribution is 5.80. The number of carbonyl (C=O) groups excluding carboxylic acids is 1. The van der Waals surface area contributed by atoms with Crippen molar-refractivity contribution in [2.75, 3.05) is 0 Å². The molecule has 3 rings (SSSR count). The van der Waals surface area contributed by atoms with E-state index in [1.165, 1.54) is 25.7 Å². The summed E-state index contributed by atoms with van der Waals surface area (Å²) in [6.07, 6.45) is 10.1. The van der Waals surface area contributed by atoms with Crippen molar-refractivity contribution in [2.45, 2.75) is 89.6 Å². The molecule has 21 heavy (non-hydrogen) atoms. The summed E-state index contributed by atoms with van der Waals surface area (Å²) in [7, 11) is 0. The number of rotatable bonds is 3. The van der Waals surface area contributed by atoms with E-state index in [4.69, 9.17) is 4.74 Å². The molecule has 2 aliphatic carbocycles. The molecule has 1 aliphatic heterocycles. The summed E-state index contributed by atoms with van der Waals surface area (Å²) < 4.78 is 6.14. The Bertz CT molecular complexity index is 372. The highest BCUT2D eigenvalue weighted by atomic mass is 16.5. The molecule has 3 fully saturated rings. The second kappa shape index (κ2) is 6.66. The Morgan fingerprint density at radius 2 is 1.76 bits per heavy atom. The van der Waals surface area contributed by atoms with Crippen LogP contribution in [0.2, 0.25) is 0 Å². The first kappa shape index (κ1) is 15.3. The predicted molar refractivity (Wildman–Crippen MR) is 82.8 cm³/mol. The molecule has 4 heteroatoms. The highest BCUT2D eigenvalue weighted by Gasteiger charge is 2.42. The van der Waals surface area contributed by atoms with Gasteiger partial charge in [-0.3, -0.25) is 10.1 Å². The van der Waals surface area contributed by atoms with Crippen molar-refractivity contribution in [3.63, 3.8) is 0 Å². The van der Waals surface area contributed by atoms with Gasteiger partial charge in [-0.25, -0.2) is 0 Å². The monoisotopic (exact) mass is 294 g/mol. The fraction of sp³-hybridized carbons (Fsp3) is 0.941. The van der Waals surface area contributed by atoms with Crippen LogP contribution >= 0.6 is 0 Å². The van der Waals surface area contributed by atoms with E-state index in [-0.39, 0.29) is 30.2 Å². The second-order valence-electron chi connectivity index (χ2n) is 7.32. The summed E-state index contributed by atoms with van der Waals surface area (Å²) in [5.41, 5.74) is 0. The first-order valence-corrected chi connectivity index (χ1v) is 8.87. The molecule has 4 nitrogen and oxygen atoms in total. The van der Waals surface area contributed by atoms with Gasteiger partial charge in [0.15, 0.2) is 0 Å². The van der Waals surface area contributed by atoms with Gasteiger partial charge in [0.05, 0.1) is 24.3 Å². The van der Waals surface area contributed by atoms with Crippen LogP contribution in [0.1, 0.15) is 65.2 Å². The Hall–Kier alpha value is -0.610. The summed E-state index contributed by atoms with van der Waals surface area (Å²) in [4.78, 5) is 12.4. The molecule has 3 aliphatic rings.